The maximum absolute atomic E-state index is 11.3. The summed E-state index contributed by atoms with van der Waals surface area (Å²) in [6.45, 7) is 5.89. The molecule has 3 nitrogen and oxygen atoms in total. The number of ether oxygens (including phenoxy) is 1. The van der Waals surface area contributed by atoms with Gasteiger partial charge in [0.2, 0.25) is 5.91 Å². The molecule has 1 atom stereocenters. The minimum Gasteiger partial charge on any atom is -0.369 e. The van der Waals surface area contributed by atoms with Crippen LogP contribution >= 0.6 is 0 Å². The fourth-order valence-electron chi connectivity index (χ4n) is 0.951. The third-order valence-corrected chi connectivity index (χ3v) is 1.77. The van der Waals surface area contributed by atoms with E-state index < -0.39 is 0 Å². The average molecular weight is 197 g/mol. The molecule has 0 radical (unpaired) electrons. The van der Waals surface area contributed by atoms with E-state index in [-0.39, 0.29) is 24.7 Å². The Hall–Kier alpha value is -1.01. The van der Waals surface area contributed by atoms with Gasteiger partial charge in [-0.1, -0.05) is 6.92 Å². The van der Waals surface area contributed by atoms with Crippen molar-refractivity contribution in [2.24, 2.45) is 0 Å². The third kappa shape index (κ3) is 6.50. The number of rotatable bonds is 6. The van der Waals surface area contributed by atoms with Gasteiger partial charge in [-0.05, 0) is 20.3 Å². The summed E-state index contributed by atoms with van der Waals surface area (Å²) in [5.74, 6) is 2.44. The summed E-state index contributed by atoms with van der Waals surface area (Å²) in [5.41, 5.74) is 0. The van der Waals surface area contributed by atoms with Crippen molar-refractivity contribution in [3.8, 4) is 12.3 Å². The molecule has 80 valence electrons. The molecule has 0 aliphatic carbocycles. The summed E-state index contributed by atoms with van der Waals surface area (Å²) >= 11 is 0. The van der Waals surface area contributed by atoms with Gasteiger partial charge in [-0.3, -0.25) is 4.79 Å². The smallest absolute Gasteiger partial charge is 0.246 e. The monoisotopic (exact) mass is 197 g/mol. The third-order valence-electron chi connectivity index (χ3n) is 1.77. The van der Waals surface area contributed by atoms with E-state index in [0.29, 0.717) is 6.42 Å². The molecule has 0 bridgehead atoms. The zero-order valence-electron chi connectivity index (χ0n) is 9.17. The van der Waals surface area contributed by atoms with Crippen molar-refractivity contribution < 1.29 is 9.53 Å². The van der Waals surface area contributed by atoms with E-state index in [1.807, 2.05) is 20.8 Å². The second kappa shape index (κ2) is 7.40. The second-order valence-electron chi connectivity index (χ2n) is 3.44. The van der Waals surface area contributed by atoms with Crippen LogP contribution in [0.3, 0.4) is 0 Å². The Morgan fingerprint density at radius 1 is 1.57 bits per heavy atom. The minimum absolute atomic E-state index is 0.0725. The van der Waals surface area contributed by atoms with Crippen LogP contribution in [0.5, 0.6) is 0 Å². The Morgan fingerprint density at radius 2 is 2.21 bits per heavy atom. The van der Waals surface area contributed by atoms with Crippen LogP contribution in [-0.2, 0) is 9.53 Å². The van der Waals surface area contributed by atoms with Crippen LogP contribution in [-0.4, -0.2) is 24.7 Å². The lowest BCUT2D eigenvalue weighted by atomic mass is 10.1. The first-order chi connectivity index (χ1) is 6.60. The lowest BCUT2D eigenvalue weighted by Crippen LogP contribution is -2.37. The largest absolute Gasteiger partial charge is 0.369 e. The van der Waals surface area contributed by atoms with E-state index >= 15 is 0 Å². The van der Waals surface area contributed by atoms with Crippen molar-refractivity contribution in [3.63, 3.8) is 0 Å². The number of carbonyl (C=O) groups is 1. The van der Waals surface area contributed by atoms with Gasteiger partial charge < -0.3 is 10.1 Å². The summed E-state index contributed by atoms with van der Waals surface area (Å²) in [7, 11) is 0. The summed E-state index contributed by atoms with van der Waals surface area (Å²) in [4.78, 5) is 11.3. The highest BCUT2D eigenvalue weighted by molar-refractivity contribution is 5.77. The Balaban J connectivity index is 3.74. The Kier molecular flexibility index (Phi) is 6.87. The van der Waals surface area contributed by atoms with Crippen molar-refractivity contribution in [2.45, 2.75) is 45.8 Å². The number of nitrogens with one attached hydrogen (secondary N) is 1. The topological polar surface area (TPSA) is 38.3 Å². The zero-order valence-corrected chi connectivity index (χ0v) is 9.17. The number of carbonyl (C=O) groups excluding carboxylic acids is 1. The van der Waals surface area contributed by atoms with Crippen molar-refractivity contribution in [2.75, 3.05) is 6.61 Å². The molecule has 1 N–H and O–H groups in total. The summed E-state index contributed by atoms with van der Waals surface area (Å²) in [6.07, 6.45) is 6.67. The molecule has 0 heterocycles. The van der Waals surface area contributed by atoms with Crippen molar-refractivity contribution >= 4 is 5.91 Å². The van der Waals surface area contributed by atoms with Crippen LogP contribution in [0.15, 0.2) is 0 Å². The minimum atomic E-state index is -0.0965. The lowest BCUT2D eigenvalue weighted by molar-refractivity contribution is -0.127. The molecule has 0 aromatic carbocycles. The molecule has 0 spiro atoms. The highest BCUT2D eigenvalue weighted by Gasteiger charge is 2.09. The molecule has 0 saturated carbocycles. The highest BCUT2D eigenvalue weighted by atomic mass is 16.5. The van der Waals surface area contributed by atoms with Gasteiger partial charge in [0, 0.05) is 12.5 Å². The molecule has 1 unspecified atom stereocenters. The highest BCUT2D eigenvalue weighted by Crippen LogP contribution is 1.96. The Bertz CT molecular complexity index is 206. The Labute approximate surface area is 86.2 Å². The van der Waals surface area contributed by atoms with Crippen LogP contribution in [0, 0.1) is 12.3 Å². The van der Waals surface area contributed by atoms with Gasteiger partial charge in [0.15, 0.2) is 0 Å². The van der Waals surface area contributed by atoms with E-state index in [1.54, 1.807) is 0 Å². The molecular formula is C11H19NO2. The van der Waals surface area contributed by atoms with Gasteiger partial charge in [-0.15, -0.1) is 12.3 Å². The van der Waals surface area contributed by atoms with Crippen LogP contribution in [0.1, 0.15) is 33.6 Å². The maximum atomic E-state index is 11.3. The van der Waals surface area contributed by atoms with Gasteiger partial charge in [-0.2, -0.15) is 0 Å². The van der Waals surface area contributed by atoms with Gasteiger partial charge in [0.25, 0.3) is 0 Å². The fraction of sp³-hybridized carbons (Fsp3) is 0.727. The standard InChI is InChI=1S/C11H19NO2/c1-5-7-10(6-2)12-11(13)8-14-9(3)4/h1,9-10H,6-8H2,2-4H3,(H,12,13). The van der Waals surface area contributed by atoms with Crippen LogP contribution in [0.4, 0.5) is 0 Å². The number of amides is 1. The number of hydrogen-bond acceptors (Lipinski definition) is 2. The predicted molar refractivity (Wildman–Crippen MR) is 56.8 cm³/mol. The molecular weight excluding hydrogens is 178 g/mol. The van der Waals surface area contributed by atoms with Gasteiger partial charge in [0.05, 0.1) is 6.10 Å². The first-order valence-electron chi connectivity index (χ1n) is 4.94. The molecule has 0 aliphatic rings. The maximum Gasteiger partial charge on any atom is 0.246 e. The van der Waals surface area contributed by atoms with E-state index in [4.69, 9.17) is 11.2 Å². The number of terminal acetylenes is 1. The molecule has 0 fully saturated rings. The van der Waals surface area contributed by atoms with Crippen molar-refractivity contribution in [1.29, 1.82) is 0 Å². The predicted octanol–water partition coefficient (Wildman–Crippen LogP) is 1.33. The van der Waals surface area contributed by atoms with Gasteiger partial charge >= 0.3 is 0 Å². The summed E-state index contributed by atoms with van der Waals surface area (Å²) in [5, 5.41) is 2.82. The van der Waals surface area contributed by atoms with Crippen LogP contribution in [0.25, 0.3) is 0 Å². The van der Waals surface area contributed by atoms with Crippen LogP contribution < -0.4 is 5.32 Å². The average Bonchev–Trinajstić information content (AvgIpc) is 2.14. The fourth-order valence-corrected chi connectivity index (χ4v) is 0.951. The molecule has 1 amide bonds. The lowest BCUT2D eigenvalue weighted by Gasteiger charge is -2.14. The molecule has 0 aromatic heterocycles. The first kappa shape index (κ1) is 13.0. The quantitative estimate of drug-likeness (QED) is 0.652. The number of hydrogen-bond donors (Lipinski definition) is 1. The second-order valence-corrected chi connectivity index (χ2v) is 3.44. The zero-order chi connectivity index (χ0) is 11.0. The molecule has 0 saturated heterocycles. The first-order valence-corrected chi connectivity index (χ1v) is 4.94. The van der Waals surface area contributed by atoms with Crippen molar-refractivity contribution in [1.82, 2.24) is 5.32 Å². The molecule has 0 rings (SSSR count). The van der Waals surface area contributed by atoms with Crippen LogP contribution in [0.2, 0.25) is 0 Å². The van der Waals surface area contributed by atoms with E-state index in [9.17, 15) is 4.79 Å². The van der Waals surface area contributed by atoms with E-state index in [2.05, 4.69) is 11.2 Å². The molecule has 14 heavy (non-hydrogen) atoms. The summed E-state index contributed by atoms with van der Waals surface area (Å²) in [6, 6.07) is 0.0725. The molecule has 0 aromatic rings. The van der Waals surface area contributed by atoms with E-state index in [1.165, 1.54) is 0 Å². The van der Waals surface area contributed by atoms with E-state index in [0.717, 1.165) is 6.42 Å². The summed E-state index contributed by atoms with van der Waals surface area (Å²) < 4.78 is 5.16. The SMILES string of the molecule is C#CCC(CC)NC(=O)COC(C)C. The van der Waals surface area contributed by atoms with Crippen molar-refractivity contribution in [3.05, 3.63) is 0 Å². The Morgan fingerprint density at radius 3 is 2.64 bits per heavy atom. The van der Waals surface area contributed by atoms with Gasteiger partial charge in [-0.25, -0.2) is 0 Å². The molecule has 0 aliphatic heterocycles. The normalized spacial score (nSPS) is 12.2. The molecule has 3 heteroatoms. The van der Waals surface area contributed by atoms with Gasteiger partial charge in [0.1, 0.15) is 6.61 Å².